The van der Waals surface area contributed by atoms with Gasteiger partial charge in [-0.15, -0.1) is 13.2 Å². The number of rotatable bonds is 3. The van der Waals surface area contributed by atoms with Crippen LogP contribution in [0.2, 0.25) is 0 Å². The summed E-state index contributed by atoms with van der Waals surface area (Å²) in [6.07, 6.45) is -6.02. The van der Waals surface area contributed by atoms with Crippen molar-refractivity contribution in [3.8, 4) is 5.75 Å². The Morgan fingerprint density at radius 3 is 2.45 bits per heavy atom. The lowest BCUT2D eigenvalue weighted by molar-refractivity contribution is -0.274. The summed E-state index contributed by atoms with van der Waals surface area (Å²) in [7, 11) is -3.39. The Balaban J connectivity index is 2.18. The maximum Gasteiger partial charge on any atom is 0.573 e. The first-order chi connectivity index (χ1) is 9.16. The van der Waals surface area contributed by atoms with E-state index in [1.54, 1.807) is 0 Å². The number of para-hydroxylation sites is 2. The second-order valence-corrected chi connectivity index (χ2v) is 6.59. The maximum absolute atomic E-state index is 12.2. The van der Waals surface area contributed by atoms with Crippen molar-refractivity contribution in [2.45, 2.75) is 18.5 Å². The minimum absolute atomic E-state index is 0.0222. The number of hydrogen-bond donors (Lipinski definition) is 2. The van der Waals surface area contributed by atoms with E-state index in [2.05, 4.69) is 10.1 Å². The quantitative estimate of drug-likeness (QED) is 0.876. The third-order valence-electron chi connectivity index (χ3n) is 2.78. The van der Waals surface area contributed by atoms with Crippen LogP contribution in [-0.4, -0.2) is 43.5 Å². The summed E-state index contributed by atoms with van der Waals surface area (Å²) in [6.45, 7) is 0. The molecule has 5 nitrogen and oxygen atoms in total. The van der Waals surface area contributed by atoms with Crippen molar-refractivity contribution in [2.75, 3.05) is 16.8 Å². The lowest BCUT2D eigenvalue weighted by Gasteiger charge is -2.19. The molecule has 0 bridgehead atoms. The van der Waals surface area contributed by atoms with E-state index in [1.807, 2.05) is 0 Å². The number of halogens is 3. The standard InChI is InChI=1S/C11H12F3NO4S/c12-11(13,14)19-10-4-2-1-3-7(10)15-8-5-20(17,18)6-9(8)16/h1-4,8-9,15-16H,5-6H2. The number of nitrogens with one attached hydrogen (secondary N) is 1. The molecule has 0 saturated carbocycles. The van der Waals surface area contributed by atoms with Crippen LogP contribution in [0.5, 0.6) is 5.75 Å². The summed E-state index contributed by atoms with van der Waals surface area (Å²) in [5.74, 6) is -1.22. The fraction of sp³-hybridized carbons (Fsp3) is 0.455. The SMILES string of the molecule is O=S1(=O)CC(O)C(Nc2ccccc2OC(F)(F)F)C1. The van der Waals surface area contributed by atoms with Crippen molar-refractivity contribution in [3.05, 3.63) is 24.3 Å². The molecule has 0 amide bonds. The van der Waals surface area contributed by atoms with E-state index in [9.17, 15) is 26.7 Å². The van der Waals surface area contributed by atoms with Crippen LogP contribution in [0, 0.1) is 0 Å². The minimum atomic E-state index is -4.85. The average Bonchev–Trinajstić information content (AvgIpc) is 2.52. The number of alkyl halides is 3. The van der Waals surface area contributed by atoms with Gasteiger partial charge in [-0.05, 0) is 12.1 Å². The number of benzene rings is 1. The molecule has 2 atom stereocenters. The Labute approximate surface area is 113 Å². The Bertz CT molecular complexity index is 588. The number of ether oxygens (including phenoxy) is 1. The van der Waals surface area contributed by atoms with E-state index in [4.69, 9.17) is 0 Å². The third-order valence-corrected chi connectivity index (χ3v) is 4.49. The van der Waals surface area contributed by atoms with Gasteiger partial charge in [0.15, 0.2) is 15.6 Å². The van der Waals surface area contributed by atoms with E-state index >= 15 is 0 Å². The number of aliphatic hydroxyl groups excluding tert-OH is 1. The molecule has 112 valence electrons. The van der Waals surface area contributed by atoms with Gasteiger partial charge >= 0.3 is 6.36 Å². The molecule has 2 unspecified atom stereocenters. The molecular weight excluding hydrogens is 299 g/mol. The van der Waals surface area contributed by atoms with Gasteiger partial charge in [0.05, 0.1) is 29.3 Å². The minimum Gasteiger partial charge on any atom is -0.404 e. The molecule has 20 heavy (non-hydrogen) atoms. The first kappa shape index (κ1) is 14.9. The Hall–Kier alpha value is -1.48. The van der Waals surface area contributed by atoms with Crippen molar-refractivity contribution in [1.82, 2.24) is 0 Å². The smallest absolute Gasteiger partial charge is 0.404 e. The summed E-state index contributed by atoms with van der Waals surface area (Å²) in [5, 5.41) is 12.2. The molecule has 0 radical (unpaired) electrons. The summed E-state index contributed by atoms with van der Waals surface area (Å²) < 4.78 is 63.2. The van der Waals surface area contributed by atoms with Gasteiger partial charge in [-0.1, -0.05) is 12.1 Å². The predicted octanol–water partition coefficient (Wildman–Crippen LogP) is 1.15. The molecule has 1 aromatic carbocycles. The van der Waals surface area contributed by atoms with Crippen LogP contribution in [0.4, 0.5) is 18.9 Å². The fourth-order valence-electron chi connectivity index (χ4n) is 1.97. The van der Waals surface area contributed by atoms with Crippen molar-refractivity contribution in [1.29, 1.82) is 0 Å². The van der Waals surface area contributed by atoms with E-state index < -0.39 is 39.8 Å². The second kappa shape index (κ2) is 5.13. The first-order valence-corrected chi connectivity index (χ1v) is 7.48. The lowest BCUT2D eigenvalue weighted by atomic mass is 10.2. The number of hydrogen-bond acceptors (Lipinski definition) is 5. The summed E-state index contributed by atoms with van der Waals surface area (Å²) in [6, 6.07) is 4.39. The zero-order valence-corrected chi connectivity index (χ0v) is 10.9. The summed E-state index contributed by atoms with van der Waals surface area (Å²) in [4.78, 5) is 0. The van der Waals surface area contributed by atoms with Gasteiger partial charge in [0.25, 0.3) is 0 Å². The molecule has 1 fully saturated rings. The van der Waals surface area contributed by atoms with Crippen LogP contribution < -0.4 is 10.1 Å². The van der Waals surface area contributed by atoms with E-state index in [-0.39, 0.29) is 11.4 Å². The van der Waals surface area contributed by atoms with Crippen LogP contribution in [0.1, 0.15) is 0 Å². The second-order valence-electron chi connectivity index (χ2n) is 4.44. The van der Waals surface area contributed by atoms with Gasteiger partial charge in [-0.25, -0.2) is 8.42 Å². The fourth-order valence-corrected chi connectivity index (χ4v) is 3.71. The van der Waals surface area contributed by atoms with Crippen LogP contribution >= 0.6 is 0 Å². The Morgan fingerprint density at radius 2 is 1.90 bits per heavy atom. The van der Waals surface area contributed by atoms with Crippen molar-refractivity contribution in [2.24, 2.45) is 0 Å². The molecule has 1 aliphatic heterocycles. The predicted molar refractivity (Wildman–Crippen MR) is 65.2 cm³/mol. The zero-order chi connectivity index (χ0) is 15.0. The molecule has 1 heterocycles. The van der Waals surface area contributed by atoms with E-state index in [0.29, 0.717) is 0 Å². The zero-order valence-electron chi connectivity index (χ0n) is 10.1. The van der Waals surface area contributed by atoms with Crippen molar-refractivity contribution < 1.29 is 31.4 Å². The molecule has 1 aromatic rings. The van der Waals surface area contributed by atoms with E-state index in [1.165, 1.54) is 18.2 Å². The van der Waals surface area contributed by atoms with Gasteiger partial charge in [-0.3, -0.25) is 0 Å². The Morgan fingerprint density at radius 1 is 1.25 bits per heavy atom. The highest BCUT2D eigenvalue weighted by Gasteiger charge is 2.37. The van der Waals surface area contributed by atoms with Gasteiger partial charge < -0.3 is 15.2 Å². The van der Waals surface area contributed by atoms with Crippen molar-refractivity contribution in [3.63, 3.8) is 0 Å². The maximum atomic E-state index is 12.2. The number of anilines is 1. The normalized spacial score (nSPS) is 25.4. The molecular formula is C11H12F3NO4S. The molecule has 0 spiro atoms. The highest BCUT2D eigenvalue weighted by molar-refractivity contribution is 7.91. The van der Waals surface area contributed by atoms with Gasteiger partial charge in [-0.2, -0.15) is 0 Å². The topological polar surface area (TPSA) is 75.6 Å². The summed E-state index contributed by atoms with van der Waals surface area (Å²) >= 11 is 0. The molecule has 9 heteroatoms. The highest BCUT2D eigenvalue weighted by atomic mass is 32.2. The summed E-state index contributed by atoms with van der Waals surface area (Å²) in [5.41, 5.74) is -0.0222. The molecule has 2 rings (SSSR count). The van der Waals surface area contributed by atoms with Crippen LogP contribution in [0.3, 0.4) is 0 Å². The van der Waals surface area contributed by atoms with Gasteiger partial charge in [0.2, 0.25) is 0 Å². The molecule has 2 N–H and O–H groups in total. The molecule has 0 aromatic heterocycles. The molecule has 0 aliphatic carbocycles. The van der Waals surface area contributed by atoms with Crippen molar-refractivity contribution >= 4 is 15.5 Å². The lowest BCUT2D eigenvalue weighted by Crippen LogP contribution is -2.32. The van der Waals surface area contributed by atoms with Crippen LogP contribution in [-0.2, 0) is 9.84 Å². The van der Waals surface area contributed by atoms with Gasteiger partial charge in [0, 0.05) is 0 Å². The number of aliphatic hydroxyl groups is 1. The average molecular weight is 311 g/mol. The monoisotopic (exact) mass is 311 g/mol. The number of sulfone groups is 1. The van der Waals surface area contributed by atoms with E-state index in [0.717, 1.165) is 6.07 Å². The van der Waals surface area contributed by atoms with Gasteiger partial charge in [0.1, 0.15) is 0 Å². The third kappa shape index (κ3) is 3.76. The Kier molecular flexibility index (Phi) is 3.83. The molecule has 1 aliphatic rings. The highest BCUT2D eigenvalue weighted by Crippen LogP contribution is 2.31. The first-order valence-electron chi connectivity index (χ1n) is 5.66. The van der Waals surface area contributed by atoms with Crippen LogP contribution in [0.25, 0.3) is 0 Å². The molecule has 1 saturated heterocycles. The van der Waals surface area contributed by atoms with Crippen LogP contribution in [0.15, 0.2) is 24.3 Å². The largest absolute Gasteiger partial charge is 0.573 e.